The van der Waals surface area contributed by atoms with Gasteiger partial charge in [0, 0.05) is 13.5 Å². The van der Waals surface area contributed by atoms with Gasteiger partial charge in [-0.05, 0) is 23.3 Å². The van der Waals surface area contributed by atoms with Crippen LogP contribution in [0.4, 0.5) is 0 Å². The van der Waals surface area contributed by atoms with Crippen molar-refractivity contribution in [1.82, 2.24) is 5.32 Å². The normalized spacial score (nSPS) is 12.9. The van der Waals surface area contributed by atoms with Crippen LogP contribution in [0, 0.1) is 0 Å². The molecule has 0 aromatic heterocycles. The van der Waals surface area contributed by atoms with E-state index in [4.69, 9.17) is 15.2 Å². The lowest BCUT2D eigenvalue weighted by molar-refractivity contribution is -0.134. The first-order valence-electron chi connectivity index (χ1n) is 7.85. The lowest BCUT2D eigenvalue weighted by Gasteiger charge is -2.20. The Morgan fingerprint density at radius 1 is 1.08 bits per heavy atom. The lowest BCUT2D eigenvalue weighted by atomic mass is 10.0. The average molecular weight is 342 g/mol. The highest BCUT2D eigenvalue weighted by atomic mass is 16.5. The maximum absolute atomic E-state index is 12.5. The monoisotopic (exact) mass is 342 g/mol. The zero-order valence-corrected chi connectivity index (χ0v) is 14.3. The highest BCUT2D eigenvalue weighted by molar-refractivity contribution is 5.89. The Kier molecular flexibility index (Phi) is 6.54. The second-order valence-electron chi connectivity index (χ2n) is 5.55. The Labute approximate surface area is 146 Å². The van der Waals surface area contributed by atoms with Crippen LogP contribution < -0.4 is 15.8 Å². The summed E-state index contributed by atoms with van der Waals surface area (Å²) in [5.74, 6) is -0.356. The number of benzene rings is 2. The van der Waals surface area contributed by atoms with Gasteiger partial charge < -0.3 is 20.5 Å². The van der Waals surface area contributed by atoms with E-state index < -0.39 is 24.0 Å². The molecule has 2 amide bonds. The van der Waals surface area contributed by atoms with Crippen LogP contribution in [-0.4, -0.2) is 32.1 Å². The molecule has 6 heteroatoms. The molecule has 0 fully saturated rings. The number of amides is 2. The number of carbonyl (C=O) groups excluding carboxylic acids is 2. The largest absolute Gasteiger partial charge is 0.497 e. The lowest BCUT2D eigenvalue weighted by Crippen LogP contribution is -2.47. The van der Waals surface area contributed by atoms with Crippen LogP contribution in [0.2, 0.25) is 0 Å². The number of nitrogens with one attached hydrogen (secondary N) is 1. The van der Waals surface area contributed by atoms with E-state index in [1.54, 1.807) is 31.4 Å². The van der Waals surface area contributed by atoms with Gasteiger partial charge in [0.05, 0.1) is 7.11 Å². The molecule has 0 spiro atoms. The van der Waals surface area contributed by atoms with Crippen LogP contribution >= 0.6 is 0 Å². The summed E-state index contributed by atoms with van der Waals surface area (Å²) in [4.78, 5) is 24.3. The Morgan fingerprint density at radius 2 is 1.80 bits per heavy atom. The van der Waals surface area contributed by atoms with Gasteiger partial charge in [-0.3, -0.25) is 9.59 Å². The zero-order valence-electron chi connectivity index (χ0n) is 14.3. The average Bonchev–Trinajstić information content (AvgIpc) is 2.62. The van der Waals surface area contributed by atoms with Crippen molar-refractivity contribution in [1.29, 1.82) is 0 Å². The smallest absolute Gasteiger partial charge is 0.254 e. The molecule has 0 aliphatic rings. The molecule has 0 unspecified atom stereocenters. The van der Waals surface area contributed by atoms with Gasteiger partial charge in [0.1, 0.15) is 11.8 Å². The molecule has 0 radical (unpaired) electrons. The molecule has 132 valence electrons. The first-order valence-corrected chi connectivity index (χ1v) is 7.85. The SMILES string of the molecule is COc1cccc(C[C@H](NC(=O)[C@@H](OC)c2ccccc2)C(N)=O)c1. The van der Waals surface area contributed by atoms with E-state index >= 15 is 0 Å². The highest BCUT2D eigenvalue weighted by Crippen LogP contribution is 2.18. The number of primary amides is 1. The Hall–Kier alpha value is -2.86. The summed E-state index contributed by atoms with van der Waals surface area (Å²) in [6, 6.07) is 15.5. The van der Waals surface area contributed by atoms with Gasteiger partial charge in [0.2, 0.25) is 5.91 Å². The molecule has 0 heterocycles. The highest BCUT2D eigenvalue weighted by Gasteiger charge is 2.25. The number of carbonyl (C=O) groups is 2. The van der Waals surface area contributed by atoms with Gasteiger partial charge in [0.15, 0.2) is 6.10 Å². The number of ether oxygens (including phenoxy) is 2. The number of hydrogen-bond acceptors (Lipinski definition) is 4. The fourth-order valence-corrected chi connectivity index (χ4v) is 2.53. The number of rotatable bonds is 8. The Balaban J connectivity index is 2.12. The minimum absolute atomic E-state index is 0.267. The summed E-state index contributed by atoms with van der Waals surface area (Å²) in [6.07, 6.45) is -0.544. The van der Waals surface area contributed by atoms with Gasteiger partial charge in [-0.1, -0.05) is 42.5 Å². The van der Waals surface area contributed by atoms with Crippen molar-refractivity contribution in [3.63, 3.8) is 0 Å². The number of nitrogens with two attached hydrogens (primary N) is 1. The molecule has 0 aliphatic heterocycles. The van der Waals surface area contributed by atoms with Crippen LogP contribution in [0.5, 0.6) is 5.75 Å². The van der Waals surface area contributed by atoms with Crippen LogP contribution in [0.15, 0.2) is 54.6 Å². The van der Waals surface area contributed by atoms with Gasteiger partial charge >= 0.3 is 0 Å². The zero-order chi connectivity index (χ0) is 18.2. The molecule has 0 saturated carbocycles. The van der Waals surface area contributed by atoms with Crippen LogP contribution in [-0.2, 0) is 20.7 Å². The Bertz CT molecular complexity index is 718. The summed E-state index contributed by atoms with van der Waals surface area (Å²) >= 11 is 0. The molecular weight excluding hydrogens is 320 g/mol. The maximum atomic E-state index is 12.5. The predicted octanol–water partition coefficient (Wildman–Crippen LogP) is 1.60. The van der Waals surface area contributed by atoms with Crippen molar-refractivity contribution in [3.05, 3.63) is 65.7 Å². The molecule has 0 saturated heterocycles. The second-order valence-corrected chi connectivity index (χ2v) is 5.55. The Morgan fingerprint density at radius 3 is 2.40 bits per heavy atom. The third-order valence-corrected chi connectivity index (χ3v) is 3.81. The van der Waals surface area contributed by atoms with E-state index in [9.17, 15) is 9.59 Å². The first-order chi connectivity index (χ1) is 12.0. The van der Waals surface area contributed by atoms with Crippen molar-refractivity contribution in [2.24, 2.45) is 5.73 Å². The van der Waals surface area contributed by atoms with Crippen molar-refractivity contribution in [2.45, 2.75) is 18.6 Å². The van der Waals surface area contributed by atoms with Gasteiger partial charge in [-0.25, -0.2) is 0 Å². The molecule has 25 heavy (non-hydrogen) atoms. The van der Waals surface area contributed by atoms with Crippen molar-refractivity contribution in [3.8, 4) is 5.75 Å². The summed E-state index contributed by atoms with van der Waals surface area (Å²) in [7, 11) is 3.01. The van der Waals surface area contributed by atoms with Crippen molar-refractivity contribution >= 4 is 11.8 Å². The fraction of sp³-hybridized carbons (Fsp3) is 0.263. The van der Waals surface area contributed by atoms with Crippen LogP contribution in [0.25, 0.3) is 0 Å². The van der Waals surface area contributed by atoms with E-state index in [-0.39, 0.29) is 6.42 Å². The topological polar surface area (TPSA) is 90.7 Å². The molecule has 3 N–H and O–H groups in total. The van der Waals surface area contributed by atoms with E-state index in [2.05, 4.69) is 5.32 Å². The second kappa shape index (κ2) is 8.84. The van der Waals surface area contributed by atoms with E-state index in [0.29, 0.717) is 11.3 Å². The molecular formula is C19H22N2O4. The van der Waals surface area contributed by atoms with Crippen LogP contribution in [0.1, 0.15) is 17.2 Å². The van der Waals surface area contributed by atoms with Gasteiger partial charge in [-0.2, -0.15) is 0 Å². The van der Waals surface area contributed by atoms with Gasteiger partial charge in [-0.15, -0.1) is 0 Å². The maximum Gasteiger partial charge on any atom is 0.254 e. The van der Waals surface area contributed by atoms with Gasteiger partial charge in [0.25, 0.3) is 5.91 Å². The molecule has 2 atom stereocenters. The molecule has 2 aromatic rings. The van der Waals surface area contributed by atoms with Crippen molar-refractivity contribution in [2.75, 3.05) is 14.2 Å². The van der Waals surface area contributed by atoms with E-state index in [0.717, 1.165) is 5.56 Å². The molecule has 2 aromatic carbocycles. The predicted molar refractivity (Wildman–Crippen MR) is 94.0 cm³/mol. The molecule has 6 nitrogen and oxygen atoms in total. The summed E-state index contributed by atoms with van der Waals surface area (Å²) in [6.45, 7) is 0. The van der Waals surface area contributed by atoms with Crippen LogP contribution in [0.3, 0.4) is 0 Å². The fourth-order valence-electron chi connectivity index (χ4n) is 2.53. The minimum Gasteiger partial charge on any atom is -0.497 e. The number of methoxy groups -OCH3 is 2. The first kappa shape index (κ1) is 18.5. The van der Waals surface area contributed by atoms with Crippen molar-refractivity contribution < 1.29 is 19.1 Å². The quantitative estimate of drug-likeness (QED) is 0.762. The minimum atomic E-state index is -0.846. The standard InChI is InChI=1S/C19H22N2O4/c1-24-15-10-6-7-13(11-15)12-16(18(20)22)21-19(23)17(25-2)14-8-4-3-5-9-14/h3-11,16-17H,12H2,1-2H3,(H2,20,22)(H,21,23)/t16-,17-/m0/s1. The molecule has 0 bridgehead atoms. The summed E-state index contributed by atoms with van der Waals surface area (Å²) < 4.78 is 10.4. The van der Waals surface area contributed by atoms with E-state index in [1.807, 2.05) is 30.3 Å². The third kappa shape index (κ3) is 5.06. The van der Waals surface area contributed by atoms with E-state index in [1.165, 1.54) is 7.11 Å². The third-order valence-electron chi connectivity index (χ3n) is 3.81. The molecule has 0 aliphatic carbocycles. The molecule has 2 rings (SSSR count). The summed E-state index contributed by atoms with van der Waals surface area (Å²) in [5, 5.41) is 2.67. The summed E-state index contributed by atoms with van der Waals surface area (Å²) in [5.41, 5.74) is 6.99. The number of hydrogen-bond donors (Lipinski definition) is 2.